The Hall–Kier alpha value is -0.820. The second-order valence-corrected chi connectivity index (χ2v) is 6.07. The Bertz CT molecular complexity index is 381. The maximum Gasteiger partial charge on any atom is 0.0133 e. The molecule has 1 fully saturated rings. The van der Waals surface area contributed by atoms with Crippen LogP contribution < -0.4 is 5.32 Å². The molecule has 1 nitrogen and oxygen atoms in total. The summed E-state index contributed by atoms with van der Waals surface area (Å²) in [4.78, 5) is 0. The number of rotatable bonds is 5. The quantitative estimate of drug-likeness (QED) is 0.817. The fourth-order valence-corrected chi connectivity index (χ4v) is 3.30. The van der Waals surface area contributed by atoms with Crippen LogP contribution in [0.3, 0.4) is 0 Å². The van der Waals surface area contributed by atoms with E-state index in [1.165, 1.54) is 30.4 Å². The second kappa shape index (κ2) is 5.44. The van der Waals surface area contributed by atoms with Gasteiger partial charge in [0.15, 0.2) is 0 Å². The average molecular weight is 245 g/mol. The topological polar surface area (TPSA) is 12.0 Å². The predicted octanol–water partition coefficient (Wildman–Crippen LogP) is 4.27. The monoisotopic (exact) mass is 245 g/mol. The summed E-state index contributed by atoms with van der Waals surface area (Å²) in [7, 11) is 0. The van der Waals surface area contributed by atoms with Gasteiger partial charge in [0.05, 0.1) is 0 Å². The van der Waals surface area contributed by atoms with Crippen molar-refractivity contribution in [1.82, 2.24) is 5.32 Å². The van der Waals surface area contributed by atoms with Gasteiger partial charge in [-0.3, -0.25) is 0 Å². The number of hydrogen-bond donors (Lipinski definition) is 1. The van der Waals surface area contributed by atoms with E-state index in [9.17, 15) is 0 Å². The van der Waals surface area contributed by atoms with Gasteiger partial charge in [-0.2, -0.15) is 0 Å². The first-order chi connectivity index (χ1) is 8.61. The van der Waals surface area contributed by atoms with E-state index in [0.29, 0.717) is 11.5 Å². The van der Waals surface area contributed by atoms with Gasteiger partial charge in [-0.15, -0.1) is 0 Å². The number of benzene rings is 1. The standard InChI is InChI=1S/C17H27N/c1-5-11-18-16-12-15(17(16,4)6-2)14-9-7-13(3)8-10-14/h7-10,15-16,18H,5-6,11-12H2,1-4H3. The molecule has 3 unspecified atom stereocenters. The Morgan fingerprint density at radius 1 is 1.22 bits per heavy atom. The lowest BCUT2D eigenvalue weighted by Crippen LogP contribution is -2.56. The van der Waals surface area contributed by atoms with Gasteiger partial charge in [-0.05, 0) is 49.6 Å². The van der Waals surface area contributed by atoms with Crippen LogP contribution in [0.1, 0.15) is 57.1 Å². The van der Waals surface area contributed by atoms with Gasteiger partial charge in [0.1, 0.15) is 0 Å². The molecule has 1 heteroatoms. The van der Waals surface area contributed by atoms with Crippen LogP contribution in [0.25, 0.3) is 0 Å². The summed E-state index contributed by atoms with van der Waals surface area (Å²) in [6, 6.07) is 9.85. The van der Waals surface area contributed by atoms with Crippen molar-refractivity contribution in [3.8, 4) is 0 Å². The Morgan fingerprint density at radius 3 is 2.44 bits per heavy atom. The summed E-state index contributed by atoms with van der Waals surface area (Å²) >= 11 is 0. The summed E-state index contributed by atoms with van der Waals surface area (Å²) < 4.78 is 0. The fraction of sp³-hybridized carbons (Fsp3) is 0.647. The fourth-order valence-electron chi connectivity index (χ4n) is 3.30. The zero-order chi connectivity index (χ0) is 13.2. The molecule has 1 aromatic rings. The summed E-state index contributed by atoms with van der Waals surface area (Å²) in [5.74, 6) is 0.734. The highest BCUT2D eigenvalue weighted by molar-refractivity contribution is 5.30. The molecular weight excluding hydrogens is 218 g/mol. The maximum atomic E-state index is 3.72. The third-order valence-electron chi connectivity index (χ3n) is 4.95. The van der Waals surface area contributed by atoms with E-state index in [1.807, 2.05) is 0 Å². The lowest BCUT2D eigenvalue weighted by atomic mass is 9.54. The zero-order valence-corrected chi connectivity index (χ0v) is 12.3. The molecule has 100 valence electrons. The lowest BCUT2D eigenvalue weighted by molar-refractivity contribution is 0.0445. The van der Waals surface area contributed by atoms with E-state index in [0.717, 1.165) is 12.5 Å². The molecule has 1 aliphatic carbocycles. The first kappa shape index (κ1) is 13.6. The van der Waals surface area contributed by atoms with Crippen molar-refractivity contribution in [2.75, 3.05) is 6.54 Å². The Morgan fingerprint density at radius 2 is 1.89 bits per heavy atom. The molecule has 0 aliphatic heterocycles. The molecule has 0 amide bonds. The minimum absolute atomic E-state index is 0.435. The van der Waals surface area contributed by atoms with Crippen LogP contribution >= 0.6 is 0 Å². The van der Waals surface area contributed by atoms with Crippen LogP contribution in [-0.4, -0.2) is 12.6 Å². The largest absolute Gasteiger partial charge is 0.313 e. The SMILES string of the molecule is CCCNC1CC(c2ccc(C)cc2)C1(C)CC. The van der Waals surface area contributed by atoms with Gasteiger partial charge in [-0.25, -0.2) is 0 Å². The molecule has 1 N–H and O–H groups in total. The molecular formula is C17H27N. The van der Waals surface area contributed by atoms with Gasteiger partial charge in [-0.1, -0.05) is 50.6 Å². The van der Waals surface area contributed by atoms with Crippen molar-refractivity contribution in [1.29, 1.82) is 0 Å². The van der Waals surface area contributed by atoms with Gasteiger partial charge >= 0.3 is 0 Å². The molecule has 1 aromatic carbocycles. The highest BCUT2D eigenvalue weighted by atomic mass is 15.0. The van der Waals surface area contributed by atoms with E-state index < -0.39 is 0 Å². The summed E-state index contributed by atoms with van der Waals surface area (Å²) in [5, 5.41) is 3.72. The summed E-state index contributed by atoms with van der Waals surface area (Å²) in [6.45, 7) is 10.3. The molecule has 2 rings (SSSR count). The van der Waals surface area contributed by atoms with Crippen LogP contribution in [-0.2, 0) is 0 Å². The summed E-state index contributed by atoms with van der Waals surface area (Å²) in [5.41, 5.74) is 3.32. The van der Waals surface area contributed by atoms with E-state index in [2.05, 4.69) is 57.3 Å². The molecule has 0 bridgehead atoms. The van der Waals surface area contributed by atoms with E-state index in [1.54, 1.807) is 0 Å². The minimum Gasteiger partial charge on any atom is -0.313 e. The highest BCUT2D eigenvalue weighted by Crippen LogP contribution is 2.54. The van der Waals surface area contributed by atoms with Crippen LogP contribution in [0.15, 0.2) is 24.3 Å². The molecule has 0 radical (unpaired) electrons. The second-order valence-electron chi connectivity index (χ2n) is 6.07. The van der Waals surface area contributed by atoms with Crippen molar-refractivity contribution < 1.29 is 0 Å². The molecule has 3 atom stereocenters. The van der Waals surface area contributed by atoms with E-state index in [4.69, 9.17) is 0 Å². The number of hydrogen-bond acceptors (Lipinski definition) is 1. The normalized spacial score (nSPS) is 31.1. The van der Waals surface area contributed by atoms with Crippen LogP contribution in [0.5, 0.6) is 0 Å². The third-order valence-corrected chi connectivity index (χ3v) is 4.95. The first-order valence-corrected chi connectivity index (χ1v) is 7.41. The van der Waals surface area contributed by atoms with Crippen LogP contribution in [0.4, 0.5) is 0 Å². The minimum atomic E-state index is 0.435. The van der Waals surface area contributed by atoms with E-state index in [-0.39, 0.29) is 0 Å². The molecule has 1 aliphatic rings. The number of aryl methyl sites for hydroxylation is 1. The van der Waals surface area contributed by atoms with Crippen molar-refractivity contribution in [2.24, 2.45) is 5.41 Å². The molecule has 0 heterocycles. The lowest BCUT2D eigenvalue weighted by Gasteiger charge is -2.55. The van der Waals surface area contributed by atoms with Gasteiger partial charge in [0.2, 0.25) is 0 Å². The maximum absolute atomic E-state index is 3.72. The van der Waals surface area contributed by atoms with Gasteiger partial charge in [0.25, 0.3) is 0 Å². The first-order valence-electron chi connectivity index (χ1n) is 7.41. The Balaban J connectivity index is 2.09. The molecule has 1 saturated carbocycles. The number of nitrogens with one attached hydrogen (secondary N) is 1. The smallest absolute Gasteiger partial charge is 0.0133 e. The molecule has 0 saturated heterocycles. The van der Waals surface area contributed by atoms with Gasteiger partial charge in [0, 0.05) is 6.04 Å². The van der Waals surface area contributed by atoms with Gasteiger partial charge < -0.3 is 5.32 Å². The summed E-state index contributed by atoms with van der Waals surface area (Å²) in [6.07, 6.45) is 3.78. The van der Waals surface area contributed by atoms with Crippen molar-refractivity contribution in [3.05, 3.63) is 35.4 Å². The van der Waals surface area contributed by atoms with Crippen molar-refractivity contribution in [2.45, 2.75) is 58.9 Å². The zero-order valence-electron chi connectivity index (χ0n) is 12.3. The Kier molecular flexibility index (Phi) is 4.11. The molecule has 0 spiro atoms. The highest BCUT2D eigenvalue weighted by Gasteiger charge is 2.50. The van der Waals surface area contributed by atoms with Crippen LogP contribution in [0, 0.1) is 12.3 Å². The van der Waals surface area contributed by atoms with E-state index >= 15 is 0 Å². The Labute approximate surface area is 112 Å². The molecule has 0 aromatic heterocycles. The average Bonchev–Trinajstić information content (AvgIpc) is 2.38. The third kappa shape index (κ3) is 2.33. The predicted molar refractivity (Wildman–Crippen MR) is 79.0 cm³/mol. The molecule has 18 heavy (non-hydrogen) atoms. The van der Waals surface area contributed by atoms with Crippen molar-refractivity contribution >= 4 is 0 Å². The van der Waals surface area contributed by atoms with Crippen LogP contribution in [0.2, 0.25) is 0 Å². The van der Waals surface area contributed by atoms with Crippen molar-refractivity contribution in [3.63, 3.8) is 0 Å².